The van der Waals surface area contributed by atoms with Crippen LogP contribution in [-0.4, -0.2) is 25.2 Å². The van der Waals surface area contributed by atoms with E-state index in [1.165, 1.54) is 0 Å². The maximum absolute atomic E-state index is 12.2. The fourth-order valence-corrected chi connectivity index (χ4v) is 2.47. The molecule has 1 N–H and O–H groups in total. The van der Waals surface area contributed by atoms with Crippen molar-refractivity contribution in [3.63, 3.8) is 0 Å². The number of hydrogen-bond acceptors (Lipinski definition) is 3. The monoisotopic (exact) mass is 309 g/mol. The van der Waals surface area contributed by atoms with Crippen LogP contribution in [0.15, 0.2) is 49.1 Å². The first kappa shape index (κ1) is 15.0. The van der Waals surface area contributed by atoms with Crippen molar-refractivity contribution in [2.75, 3.05) is 0 Å². The highest BCUT2D eigenvalue weighted by Gasteiger charge is 2.11. The maximum atomic E-state index is 12.2. The summed E-state index contributed by atoms with van der Waals surface area (Å²) in [4.78, 5) is 16.3. The minimum Gasteiger partial charge on any atom is -0.345 e. The smallest absolute Gasteiger partial charge is 0.287 e. The van der Waals surface area contributed by atoms with Crippen molar-refractivity contribution >= 4 is 5.91 Å². The van der Waals surface area contributed by atoms with Crippen molar-refractivity contribution in [1.29, 1.82) is 0 Å². The lowest BCUT2D eigenvalue weighted by Crippen LogP contribution is -2.26. The summed E-state index contributed by atoms with van der Waals surface area (Å²) in [6, 6.07) is 8.07. The van der Waals surface area contributed by atoms with E-state index in [1.54, 1.807) is 17.1 Å². The average molecular weight is 309 g/mol. The Morgan fingerprint density at radius 1 is 1.30 bits per heavy atom. The number of carbonyl (C=O) groups is 1. The summed E-state index contributed by atoms with van der Waals surface area (Å²) in [5, 5.41) is 7.10. The Kier molecular flexibility index (Phi) is 4.23. The number of imidazole rings is 1. The Morgan fingerprint density at radius 3 is 2.91 bits per heavy atom. The van der Waals surface area contributed by atoms with Gasteiger partial charge in [-0.3, -0.25) is 9.48 Å². The Hall–Kier alpha value is -2.89. The summed E-state index contributed by atoms with van der Waals surface area (Å²) < 4.78 is 3.59. The first-order chi connectivity index (χ1) is 11.2. The van der Waals surface area contributed by atoms with Gasteiger partial charge in [0.25, 0.3) is 5.91 Å². The fourth-order valence-electron chi connectivity index (χ4n) is 2.47. The first-order valence-electron chi connectivity index (χ1n) is 7.54. The van der Waals surface area contributed by atoms with Gasteiger partial charge < -0.3 is 9.88 Å². The third-order valence-electron chi connectivity index (χ3n) is 3.68. The molecule has 3 rings (SSSR count). The van der Waals surface area contributed by atoms with Gasteiger partial charge >= 0.3 is 0 Å². The van der Waals surface area contributed by atoms with Crippen LogP contribution in [0.5, 0.6) is 0 Å². The van der Waals surface area contributed by atoms with E-state index in [1.807, 2.05) is 49.1 Å². The molecule has 0 unspecified atom stereocenters. The zero-order valence-electron chi connectivity index (χ0n) is 13.2. The Morgan fingerprint density at radius 2 is 2.17 bits per heavy atom. The number of nitrogens with one attached hydrogen (secondary N) is 1. The van der Waals surface area contributed by atoms with Gasteiger partial charge in [-0.1, -0.05) is 18.2 Å². The molecule has 0 radical (unpaired) electrons. The molecule has 0 atom stereocenters. The molecule has 23 heavy (non-hydrogen) atoms. The van der Waals surface area contributed by atoms with Crippen molar-refractivity contribution in [3.05, 3.63) is 60.4 Å². The number of nitrogens with zero attached hydrogens (tertiary/aromatic N) is 4. The molecule has 1 aromatic carbocycles. The van der Waals surface area contributed by atoms with E-state index in [2.05, 4.69) is 21.5 Å². The number of hydrogen-bond donors (Lipinski definition) is 1. The molecule has 0 aliphatic carbocycles. The van der Waals surface area contributed by atoms with Gasteiger partial charge in [0.05, 0.1) is 6.20 Å². The third kappa shape index (κ3) is 3.31. The number of benzene rings is 1. The predicted molar refractivity (Wildman–Crippen MR) is 87.7 cm³/mol. The van der Waals surface area contributed by atoms with Crippen LogP contribution in [0.3, 0.4) is 0 Å². The third-order valence-corrected chi connectivity index (χ3v) is 3.68. The van der Waals surface area contributed by atoms with E-state index in [4.69, 9.17) is 0 Å². The molecule has 0 saturated heterocycles. The summed E-state index contributed by atoms with van der Waals surface area (Å²) in [7, 11) is 1.89. The van der Waals surface area contributed by atoms with Crippen LogP contribution in [0.2, 0.25) is 0 Å². The van der Waals surface area contributed by atoms with Crippen molar-refractivity contribution in [1.82, 2.24) is 24.6 Å². The molecule has 0 aliphatic heterocycles. The van der Waals surface area contributed by atoms with Gasteiger partial charge in [-0.15, -0.1) is 0 Å². The van der Waals surface area contributed by atoms with Crippen LogP contribution < -0.4 is 5.32 Å². The van der Waals surface area contributed by atoms with Gasteiger partial charge in [-0.05, 0) is 24.1 Å². The number of amides is 1. The molecule has 2 aromatic heterocycles. The van der Waals surface area contributed by atoms with Crippen molar-refractivity contribution in [2.24, 2.45) is 7.05 Å². The molecule has 3 aromatic rings. The molecule has 1 amide bonds. The topological polar surface area (TPSA) is 64.7 Å². The van der Waals surface area contributed by atoms with Gasteiger partial charge in [0.1, 0.15) is 0 Å². The molecule has 118 valence electrons. The second kappa shape index (κ2) is 6.48. The standard InChI is InChI=1S/C17H19N5O/c1-3-22-8-7-18-16(22)17(23)19-10-13-5-4-6-14(9-13)15-11-20-21(2)12-15/h4-9,11-12H,3,10H2,1-2H3,(H,19,23). The van der Waals surface area contributed by atoms with Crippen LogP contribution in [0.1, 0.15) is 23.1 Å². The van der Waals surface area contributed by atoms with Crippen LogP contribution in [-0.2, 0) is 20.1 Å². The van der Waals surface area contributed by atoms with E-state index in [9.17, 15) is 4.79 Å². The Balaban J connectivity index is 1.70. The summed E-state index contributed by atoms with van der Waals surface area (Å²) in [6.45, 7) is 3.17. The SMILES string of the molecule is CCn1ccnc1C(=O)NCc1cccc(-c2cnn(C)c2)c1. The van der Waals surface area contributed by atoms with E-state index >= 15 is 0 Å². The van der Waals surface area contributed by atoms with E-state index in [-0.39, 0.29) is 5.91 Å². The molecular weight excluding hydrogens is 290 g/mol. The lowest BCUT2D eigenvalue weighted by Gasteiger charge is -2.08. The highest BCUT2D eigenvalue weighted by molar-refractivity contribution is 5.90. The van der Waals surface area contributed by atoms with E-state index in [0.717, 1.165) is 23.2 Å². The normalized spacial score (nSPS) is 10.7. The van der Waals surface area contributed by atoms with E-state index in [0.29, 0.717) is 12.4 Å². The number of carbonyl (C=O) groups excluding carboxylic acids is 1. The molecule has 0 aliphatic rings. The second-order valence-corrected chi connectivity index (χ2v) is 5.32. The van der Waals surface area contributed by atoms with Crippen LogP contribution in [0, 0.1) is 0 Å². The largest absolute Gasteiger partial charge is 0.345 e. The zero-order chi connectivity index (χ0) is 16.2. The molecule has 2 heterocycles. The molecule has 6 nitrogen and oxygen atoms in total. The lowest BCUT2D eigenvalue weighted by atomic mass is 10.1. The van der Waals surface area contributed by atoms with E-state index < -0.39 is 0 Å². The van der Waals surface area contributed by atoms with Crippen molar-refractivity contribution < 1.29 is 4.79 Å². The summed E-state index contributed by atoms with van der Waals surface area (Å²) >= 11 is 0. The van der Waals surface area contributed by atoms with Gasteiger partial charge in [0.15, 0.2) is 5.82 Å². The van der Waals surface area contributed by atoms with Crippen molar-refractivity contribution in [2.45, 2.75) is 20.0 Å². The number of rotatable bonds is 5. The van der Waals surface area contributed by atoms with Gasteiger partial charge in [0.2, 0.25) is 0 Å². The Bertz CT molecular complexity index is 818. The molecule has 0 fully saturated rings. The maximum Gasteiger partial charge on any atom is 0.287 e. The van der Waals surface area contributed by atoms with Gasteiger partial charge in [-0.2, -0.15) is 5.10 Å². The quantitative estimate of drug-likeness (QED) is 0.786. The zero-order valence-corrected chi connectivity index (χ0v) is 13.2. The Labute approximate surface area is 134 Å². The summed E-state index contributed by atoms with van der Waals surface area (Å²) in [5.74, 6) is 0.277. The fraction of sp³-hybridized carbons (Fsp3) is 0.235. The van der Waals surface area contributed by atoms with Crippen LogP contribution >= 0.6 is 0 Å². The molecular formula is C17H19N5O. The average Bonchev–Trinajstić information content (AvgIpc) is 3.21. The first-order valence-corrected chi connectivity index (χ1v) is 7.54. The van der Waals surface area contributed by atoms with Gasteiger partial charge in [-0.25, -0.2) is 4.98 Å². The minimum absolute atomic E-state index is 0.163. The van der Waals surface area contributed by atoms with Crippen LogP contribution in [0.4, 0.5) is 0 Å². The van der Waals surface area contributed by atoms with Crippen LogP contribution in [0.25, 0.3) is 11.1 Å². The molecule has 0 spiro atoms. The molecule has 0 bridgehead atoms. The predicted octanol–water partition coefficient (Wildman–Crippen LogP) is 2.23. The summed E-state index contributed by atoms with van der Waals surface area (Å²) in [6.07, 6.45) is 7.24. The summed E-state index contributed by atoms with van der Waals surface area (Å²) in [5.41, 5.74) is 3.18. The lowest BCUT2D eigenvalue weighted by molar-refractivity contribution is 0.0936. The number of aromatic nitrogens is 4. The van der Waals surface area contributed by atoms with Crippen molar-refractivity contribution in [3.8, 4) is 11.1 Å². The highest BCUT2D eigenvalue weighted by atomic mass is 16.2. The number of aryl methyl sites for hydroxylation is 2. The second-order valence-electron chi connectivity index (χ2n) is 5.32. The minimum atomic E-state index is -0.163. The highest BCUT2D eigenvalue weighted by Crippen LogP contribution is 2.19. The molecule has 6 heteroatoms. The van der Waals surface area contributed by atoms with Gasteiger partial charge in [0, 0.05) is 44.3 Å². The molecule has 0 saturated carbocycles.